The van der Waals surface area contributed by atoms with Crippen molar-refractivity contribution in [3.63, 3.8) is 0 Å². The fourth-order valence-electron chi connectivity index (χ4n) is 2.44. The van der Waals surface area contributed by atoms with Gasteiger partial charge in [-0.2, -0.15) is 5.10 Å². The second kappa shape index (κ2) is 6.05. The molecule has 1 aliphatic heterocycles. The van der Waals surface area contributed by atoms with Crippen LogP contribution in [-0.4, -0.2) is 42.5 Å². The molecular weight excluding hydrogens is 270 g/mol. The second-order valence-electron chi connectivity index (χ2n) is 5.06. The van der Waals surface area contributed by atoms with E-state index < -0.39 is 0 Å². The minimum absolute atomic E-state index is 0.579. The third-order valence-electron chi connectivity index (χ3n) is 3.38. The van der Waals surface area contributed by atoms with E-state index in [1.54, 1.807) is 13.3 Å². The minimum Gasteiger partial charge on any atom is -0.496 e. The number of nitrogens with zero attached hydrogens (tertiary/aromatic N) is 2. The van der Waals surface area contributed by atoms with Crippen LogP contribution in [0.5, 0.6) is 17.2 Å². The molecule has 1 N–H and O–H groups in total. The van der Waals surface area contributed by atoms with Crippen molar-refractivity contribution in [1.29, 1.82) is 0 Å². The van der Waals surface area contributed by atoms with Gasteiger partial charge in [-0.3, -0.25) is 10.00 Å². The number of rotatable bonds is 5. The van der Waals surface area contributed by atoms with Crippen molar-refractivity contribution in [2.75, 3.05) is 27.4 Å². The van der Waals surface area contributed by atoms with Crippen molar-refractivity contribution in [1.82, 2.24) is 15.1 Å². The van der Waals surface area contributed by atoms with Crippen LogP contribution in [0.15, 0.2) is 24.4 Å². The molecule has 21 heavy (non-hydrogen) atoms. The molecule has 0 aliphatic carbocycles. The predicted octanol–water partition coefficient (Wildman–Crippen LogP) is 1.82. The maximum atomic E-state index is 5.64. The lowest BCUT2D eigenvalue weighted by Crippen LogP contribution is -2.19. The molecule has 112 valence electrons. The highest BCUT2D eigenvalue weighted by Crippen LogP contribution is 2.37. The predicted molar refractivity (Wildman–Crippen MR) is 77.7 cm³/mol. The first-order chi connectivity index (χ1) is 10.3. The van der Waals surface area contributed by atoms with Crippen molar-refractivity contribution in [2.24, 2.45) is 0 Å². The van der Waals surface area contributed by atoms with Crippen LogP contribution in [0.4, 0.5) is 0 Å². The number of H-pyrrole nitrogens is 1. The van der Waals surface area contributed by atoms with E-state index in [0.29, 0.717) is 13.2 Å². The average molecular weight is 289 g/mol. The summed E-state index contributed by atoms with van der Waals surface area (Å²) in [6.07, 6.45) is 1.76. The monoisotopic (exact) mass is 289 g/mol. The highest BCUT2D eigenvalue weighted by Gasteiger charge is 2.17. The first kappa shape index (κ1) is 13.8. The van der Waals surface area contributed by atoms with Gasteiger partial charge in [0.25, 0.3) is 0 Å². The van der Waals surface area contributed by atoms with E-state index in [1.807, 2.05) is 18.2 Å². The Morgan fingerprint density at radius 3 is 2.67 bits per heavy atom. The van der Waals surface area contributed by atoms with Crippen LogP contribution in [0.1, 0.15) is 11.3 Å². The summed E-state index contributed by atoms with van der Waals surface area (Å²) in [7, 11) is 3.72. The maximum absolute atomic E-state index is 5.64. The summed E-state index contributed by atoms with van der Waals surface area (Å²) in [5.41, 5.74) is 2.15. The fraction of sp³-hybridized carbons (Fsp3) is 0.400. The zero-order valence-corrected chi connectivity index (χ0v) is 12.3. The molecule has 6 nitrogen and oxygen atoms in total. The molecule has 1 aromatic heterocycles. The van der Waals surface area contributed by atoms with Gasteiger partial charge in [0, 0.05) is 36.6 Å². The van der Waals surface area contributed by atoms with E-state index in [9.17, 15) is 0 Å². The van der Waals surface area contributed by atoms with E-state index in [4.69, 9.17) is 14.2 Å². The third kappa shape index (κ3) is 3.11. The Bertz CT molecular complexity index is 598. The number of hydrogen-bond donors (Lipinski definition) is 1. The number of aromatic amines is 1. The van der Waals surface area contributed by atoms with Crippen LogP contribution >= 0.6 is 0 Å². The lowest BCUT2D eigenvalue weighted by molar-refractivity contribution is 0.170. The molecule has 0 fully saturated rings. The molecule has 1 aromatic carbocycles. The quantitative estimate of drug-likeness (QED) is 0.910. The minimum atomic E-state index is 0.579. The first-order valence-corrected chi connectivity index (χ1v) is 6.89. The SMILES string of the molecule is COc1cc2c(cc1CN(C)Cc1ccn[nH]1)OCCO2. The third-order valence-corrected chi connectivity index (χ3v) is 3.38. The highest BCUT2D eigenvalue weighted by atomic mass is 16.6. The van der Waals surface area contributed by atoms with Crippen LogP contribution in [-0.2, 0) is 13.1 Å². The van der Waals surface area contributed by atoms with E-state index in [0.717, 1.165) is 41.6 Å². The van der Waals surface area contributed by atoms with Gasteiger partial charge in [0.1, 0.15) is 19.0 Å². The van der Waals surface area contributed by atoms with E-state index >= 15 is 0 Å². The number of aromatic nitrogens is 2. The van der Waals surface area contributed by atoms with Crippen LogP contribution in [0.3, 0.4) is 0 Å². The average Bonchev–Trinajstić information content (AvgIpc) is 2.99. The first-order valence-electron chi connectivity index (χ1n) is 6.89. The summed E-state index contributed by atoms with van der Waals surface area (Å²) in [5.74, 6) is 2.35. The number of nitrogens with one attached hydrogen (secondary N) is 1. The van der Waals surface area contributed by atoms with Crippen LogP contribution in [0.2, 0.25) is 0 Å². The number of methoxy groups -OCH3 is 1. The Kier molecular flexibility index (Phi) is 3.96. The molecule has 2 heterocycles. The largest absolute Gasteiger partial charge is 0.496 e. The Morgan fingerprint density at radius 1 is 1.24 bits per heavy atom. The second-order valence-corrected chi connectivity index (χ2v) is 5.06. The molecule has 0 unspecified atom stereocenters. The Hall–Kier alpha value is -2.21. The van der Waals surface area contributed by atoms with Gasteiger partial charge in [0.2, 0.25) is 0 Å². The number of fused-ring (bicyclic) bond motifs is 1. The van der Waals surface area contributed by atoms with Gasteiger partial charge in [-0.25, -0.2) is 0 Å². The molecule has 6 heteroatoms. The standard InChI is InChI=1S/C15H19N3O3/c1-18(10-12-3-4-16-17-12)9-11-7-14-15(8-13(11)19-2)21-6-5-20-14/h3-4,7-8H,5-6,9-10H2,1-2H3,(H,16,17). The van der Waals surface area contributed by atoms with Gasteiger partial charge >= 0.3 is 0 Å². The van der Waals surface area contributed by atoms with Gasteiger partial charge in [-0.1, -0.05) is 0 Å². The molecule has 0 amide bonds. The number of ether oxygens (including phenoxy) is 3. The summed E-state index contributed by atoms with van der Waals surface area (Å²) in [6.45, 7) is 2.70. The molecule has 3 rings (SSSR count). The number of benzene rings is 1. The van der Waals surface area contributed by atoms with Gasteiger partial charge < -0.3 is 14.2 Å². The molecule has 0 saturated heterocycles. The number of hydrogen-bond acceptors (Lipinski definition) is 5. The van der Waals surface area contributed by atoms with Crippen molar-refractivity contribution in [3.8, 4) is 17.2 Å². The van der Waals surface area contributed by atoms with Crippen LogP contribution in [0, 0.1) is 0 Å². The lowest BCUT2D eigenvalue weighted by atomic mass is 10.1. The topological polar surface area (TPSA) is 59.6 Å². The van der Waals surface area contributed by atoms with Crippen LogP contribution < -0.4 is 14.2 Å². The van der Waals surface area contributed by atoms with Crippen molar-refractivity contribution >= 4 is 0 Å². The molecule has 1 aliphatic rings. The fourth-order valence-corrected chi connectivity index (χ4v) is 2.44. The van der Waals surface area contributed by atoms with E-state index in [2.05, 4.69) is 22.1 Å². The lowest BCUT2D eigenvalue weighted by Gasteiger charge is -2.22. The summed E-state index contributed by atoms with van der Waals surface area (Å²) in [5, 5.41) is 6.93. The van der Waals surface area contributed by atoms with Crippen molar-refractivity contribution < 1.29 is 14.2 Å². The Balaban J connectivity index is 1.77. The van der Waals surface area contributed by atoms with Crippen molar-refractivity contribution in [3.05, 3.63) is 35.7 Å². The van der Waals surface area contributed by atoms with E-state index in [-0.39, 0.29) is 0 Å². The molecule has 2 aromatic rings. The van der Waals surface area contributed by atoms with Crippen LogP contribution in [0.25, 0.3) is 0 Å². The molecular formula is C15H19N3O3. The molecule has 0 spiro atoms. The van der Waals surface area contributed by atoms with Crippen molar-refractivity contribution in [2.45, 2.75) is 13.1 Å². The molecule has 0 saturated carbocycles. The maximum Gasteiger partial charge on any atom is 0.165 e. The summed E-state index contributed by atoms with van der Waals surface area (Å²) in [6, 6.07) is 5.86. The summed E-state index contributed by atoms with van der Waals surface area (Å²) >= 11 is 0. The molecule has 0 atom stereocenters. The molecule has 0 radical (unpaired) electrons. The van der Waals surface area contributed by atoms with Gasteiger partial charge in [0.05, 0.1) is 7.11 Å². The highest BCUT2D eigenvalue weighted by molar-refractivity contribution is 5.51. The van der Waals surface area contributed by atoms with E-state index in [1.165, 1.54) is 0 Å². The van der Waals surface area contributed by atoms with Gasteiger partial charge in [-0.15, -0.1) is 0 Å². The smallest absolute Gasteiger partial charge is 0.165 e. The Labute approximate surface area is 123 Å². The van der Waals surface area contributed by atoms with Gasteiger partial charge in [0.15, 0.2) is 11.5 Å². The normalized spacial score (nSPS) is 13.5. The molecule has 0 bridgehead atoms. The zero-order chi connectivity index (χ0) is 14.7. The van der Waals surface area contributed by atoms with Gasteiger partial charge in [-0.05, 0) is 19.2 Å². The Morgan fingerprint density at radius 2 is 2.00 bits per heavy atom. The summed E-state index contributed by atoms with van der Waals surface area (Å²) < 4.78 is 16.7. The zero-order valence-electron chi connectivity index (χ0n) is 12.3. The summed E-state index contributed by atoms with van der Waals surface area (Å²) in [4.78, 5) is 2.18.